The van der Waals surface area contributed by atoms with Crippen LogP contribution in [0.5, 0.6) is 0 Å². The van der Waals surface area contributed by atoms with Crippen LogP contribution in [-0.2, 0) is 9.53 Å². The van der Waals surface area contributed by atoms with E-state index in [0.717, 1.165) is 13.1 Å². The van der Waals surface area contributed by atoms with E-state index in [0.29, 0.717) is 0 Å². The number of ether oxygens (including phenoxy) is 1. The highest BCUT2D eigenvalue weighted by Crippen LogP contribution is 2.37. The Hall–Kier alpha value is -2.13. The van der Waals surface area contributed by atoms with E-state index in [2.05, 4.69) is 53.4 Å². The van der Waals surface area contributed by atoms with Gasteiger partial charge < -0.3 is 4.74 Å². The summed E-state index contributed by atoms with van der Waals surface area (Å²) in [7, 11) is 0. The van der Waals surface area contributed by atoms with Crippen molar-refractivity contribution in [2.24, 2.45) is 0 Å². The summed E-state index contributed by atoms with van der Waals surface area (Å²) in [6, 6.07) is 21.1. The first-order chi connectivity index (χ1) is 10.6. The van der Waals surface area contributed by atoms with Crippen molar-refractivity contribution in [3.63, 3.8) is 0 Å². The lowest BCUT2D eigenvalue weighted by molar-refractivity contribution is -0.176. The summed E-state index contributed by atoms with van der Waals surface area (Å²) in [6.45, 7) is 4.97. The maximum Gasteiger partial charge on any atom is 0.303 e. The predicted molar refractivity (Wildman–Crippen MR) is 86.5 cm³/mol. The Morgan fingerprint density at radius 2 is 1.45 bits per heavy atom. The maximum atomic E-state index is 11.2. The molecular weight excluding hydrogens is 274 g/mol. The number of hydrogen-bond acceptors (Lipinski definition) is 3. The number of likely N-dealkylation sites (tertiary alicyclic amines) is 1. The molecule has 114 valence electrons. The molecular formula is C19H21NO2. The molecule has 0 N–H and O–H groups in total. The molecule has 1 heterocycles. The van der Waals surface area contributed by atoms with Gasteiger partial charge in [-0.25, -0.2) is 0 Å². The van der Waals surface area contributed by atoms with Crippen LogP contribution in [0.15, 0.2) is 60.7 Å². The molecule has 1 saturated heterocycles. The molecule has 0 bridgehead atoms. The average Bonchev–Trinajstić information content (AvgIpc) is 2.47. The van der Waals surface area contributed by atoms with Crippen LogP contribution < -0.4 is 0 Å². The van der Waals surface area contributed by atoms with Crippen LogP contribution in [0, 0.1) is 0 Å². The largest absolute Gasteiger partial charge is 0.457 e. The van der Waals surface area contributed by atoms with Crippen LogP contribution in [-0.4, -0.2) is 29.6 Å². The van der Waals surface area contributed by atoms with Gasteiger partial charge in [0.05, 0.1) is 6.04 Å². The number of esters is 1. The molecule has 1 aliphatic heterocycles. The minimum absolute atomic E-state index is 0.200. The lowest BCUT2D eigenvalue weighted by Crippen LogP contribution is -2.62. The lowest BCUT2D eigenvalue weighted by Gasteiger charge is -2.50. The molecule has 0 amide bonds. The Labute approximate surface area is 131 Å². The monoisotopic (exact) mass is 295 g/mol. The van der Waals surface area contributed by atoms with Gasteiger partial charge in [-0.05, 0) is 18.1 Å². The highest BCUT2D eigenvalue weighted by Gasteiger charge is 2.45. The third kappa shape index (κ3) is 3.04. The predicted octanol–water partition coefficient (Wildman–Crippen LogP) is 3.41. The van der Waals surface area contributed by atoms with Crippen LogP contribution in [0.1, 0.15) is 31.0 Å². The highest BCUT2D eigenvalue weighted by atomic mass is 16.6. The Bertz CT molecular complexity index is 593. The fraction of sp³-hybridized carbons (Fsp3) is 0.316. The summed E-state index contributed by atoms with van der Waals surface area (Å²) in [4.78, 5) is 13.6. The van der Waals surface area contributed by atoms with Gasteiger partial charge in [-0.15, -0.1) is 0 Å². The first-order valence-electron chi connectivity index (χ1n) is 7.61. The van der Waals surface area contributed by atoms with Crippen molar-refractivity contribution in [1.29, 1.82) is 0 Å². The fourth-order valence-electron chi connectivity index (χ4n) is 3.29. The molecule has 0 spiro atoms. The SMILES string of the molecule is CC(=O)OC1(C)CN(C(c2ccccc2)c2ccccc2)C1. The molecule has 0 atom stereocenters. The Kier molecular flexibility index (Phi) is 3.99. The second-order valence-electron chi connectivity index (χ2n) is 6.17. The number of nitrogens with zero attached hydrogens (tertiary/aromatic N) is 1. The standard InChI is InChI=1S/C19H21NO2/c1-15(21)22-19(2)13-20(14-19)18(16-9-5-3-6-10-16)17-11-7-4-8-12-17/h3-12,18H,13-14H2,1-2H3. The molecule has 0 saturated carbocycles. The van der Waals surface area contributed by atoms with Crippen LogP contribution >= 0.6 is 0 Å². The van der Waals surface area contributed by atoms with Crippen LogP contribution in [0.3, 0.4) is 0 Å². The van der Waals surface area contributed by atoms with Gasteiger partial charge in [-0.2, -0.15) is 0 Å². The normalized spacial score (nSPS) is 17.0. The Morgan fingerprint density at radius 3 is 1.86 bits per heavy atom. The average molecular weight is 295 g/mol. The Morgan fingerprint density at radius 1 is 1.00 bits per heavy atom. The second-order valence-corrected chi connectivity index (χ2v) is 6.17. The smallest absolute Gasteiger partial charge is 0.303 e. The number of rotatable bonds is 4. The van der Waals surface area contributed by atoms with Crippen molar-refractivity contribution in [2.45, 2.75) is 25.5 Å². The number of benzene rings is 2. The molecule has 1 aliphatic rings. The van der Waals surface area contributed by atoms with Crippen molar-refractivity contribution < 1.29 is 9.53 Å². The molecule has 0 radical (unpaired) electrons. The summed E-state index contributed by atoms with van der Waals surface area (Å²) >= 11 is 0. The quantitative estimate of drug-likeness (QED) is 0.810. The summed E-state index contributed by atoms with van der Waals surface area (Å²) < 4.78 is 5.45. The molecule has 1 fully saturated rings. The maximum absolute atomic E-state index is 11.2. The van der Waals surface area contributed by atoms with Crippen molar-refractivity contribution in [3.05, 3.63) is 71.8 Å². The first-order valence-corrected chi connectivity index (χ1v) is 7.61. The summed E-state index contributed by atoms with van der Waals surface area (Å²) in [5, 5.41) is 0. The minimum atomic E-state index is -0.367. The molecule has 0 aromatic heterocycles. The fourth-order valence-corrected chi connectivity index (χ4v) is 3.29. The lowest BCUT2D eigenvalue weighted by atomic mass is 9.88. The molecule has 2 aromatic rings. The van der Waals surface area contributed by atoms with Crippen LogP contribution in [0.4, 0.5) is 0 Å². The molecule has 22 heavy (non-hydrogen) atoms. The second kappa shape index (κ2) is 5.93. The van der Waals surface area contributed by atoms with E-state index < -0.39 is 0 Å². The van der Waals surface area contributed by atoms with Crippen molar-refractivity contribution >= 4 is 5.97 Å². The van der Waals surface area contributed by atoms with E-state index in [-0.39, 0.29) is 17.6 Å². The number of carbonyl (C=O) groups is 1. The van der Waals surface area contributed by atoms with Gasteiger partial charge in [0.25, 0.3) is 0 Å². The zero-order chi connectivity index (χ0) is 15.6. The third-order valence-electron chi connectivity index (χ3n) is 4.06. The van der Waals surface area contributed by atoms with Crippen molar-refractivity contribution in [2.75, 3.05) is 13.1 Å². The minimum Gasteiger partial charge on any atom is -0.457 e. The molecule has 2 aromatic carbocycles. The molecule has 0 unspecified atom stereocenters. The Balaban J connectivity index is 1.84. The first kappa shape index (κ1) is 14.8. The van der Waals surface area contributed by atoms with Gasteiger partial charge in [0.15, 0.2) is 0 Å². The van der Waals surface area contributed by atoms with E-state index in [9.17, 15) is 4.79 Å². The van der Waals surface area contributed by atoms with E-state index in [4.69, 9.17) is 4.74 Å². The van der Waals surface area contributed by atoms with Gasteiger partial charge in [-0.1, -0.05) is 60.7 Å². The van der Waals surface area contributed by atoms with Gasteiger partial charge in [0, 0.05) is 20.0 Å². The van der Waals surface area contributed by atoms with Gasteiger partial charge >= 0.3 is 5.97 Å². The van der Waals surface area contributed by atoms with Crippen LogP contribution in [0.25, 0.3) is 0 Å². The summed E-state index contributed by atoms with van der Waals surface area (Å²) in [5.41, 5.74) is 2.16. The molecule has 0 aliphatic carbocycles. The van der Waals surface area contributed by atoms with Crippen LogP contribution in [0.2, 0.25) is 0 Å². The van der Waals surface area contributed by atoms with Crippen molar-refractivity contribution in [3.8, 4) is 0 Å². The van der Waals surface area contributed by atoms with Gasteiger partial charge in [-0.3, -0.25) is 9.69 Å². The highest BCUT2D eigenvalue weighted by molar-refractivity contribution is 5.66. The zero-order valence-corrected chi connectivity index (χ0v) is 13.0. The summed E-state index contributed by atoms with van der Waals surface area (Å²) in [6.07, 6.45) is 0. The molecule has 3 rings (SSSR count). The third-order valence-corrected chi connectivity index (χ3v) is 4.06. The zero-order valence-electron chi connectivity index (χ0n) is 13.0. The van der Waals surface area contributed by atoms with E-state index in [1.165, 1.54) is 18.1 Å². The van der Waals surface area contributed by atoms with E-state index in [1.54, 1.807) is 0 Å². The van der Waals surface area contributed by atoms with Gasteiger partial charge in [0.2, 0.25) is 0 Å². The summed E-state index contributed by atoms with van der Waals surface area (Å²) in [5.74, 6) is -0.210. The molecule has 3 nitrogen and oxygen atoms in total. The molecule has 3 heteroatoms. The van der Waals surface area contributed by atoms with Gasteiger partial charge in [0.1, 0.15) is 5.60 Å². The number of carbonyl (C=O) groups excluding carboxylic acids is 1. The van der Waals surface area contributed by atoms with E-state index >= 15 is 0 Å². The number of hydrogen-bond donors (Lipinski definition) is 0. The topological polar surface area (TPSA) is 29.5 Å². The van der Waals surface area contributed by atoms with E-state index in [1.807, 2.05) is 19.1 Å². The van der Waals surface area contributed by atoms with Crippen molar-refractivity contribution in [1.82, 2.24) is 4.90 Å².